The summed E-state index contributed by atoms with van der Waals surface area (Å²) in [6.07, 6.45) is 0.828. The van der Waals surface area contributed by atoms with Gasteiger partial charge in [0.2, 0.25) is 0 Å². The van der Waals surface area contributed by atoms with E-state index in [1.165, 1.54) is 11.1 Å². The molecule has 0 bridgehead atoms. The highest BCUT2D eigenvalue weighted by Gasteiger charge is 2.09. The van der Waals surface area contributed by atoms with Crippen LogP contribution in [-0.4, -0.2) is 12.5 Å². The van der Waals surface area contributed by atoms with Gasteiger partial charge >= 0.3 is 0 Å². The second-order valence-corrected chi connectivity index (χ2v) is 5.01. The lowest BCUT2D eigenvalue weighted by molar-refractivity contribution is 0.0953. The van der Waals surface area contributed by atoms with Crippen molar-refractivity contribution in [2.24, 2.45) is 0 Å². The number of benzene rings is 2. The van der Waals surface area contributed by atoms with E-state index in [1.807, 2.05) is 13.0 Å². The molecule has 0 fully saturated rings. The maximum atomic E-state index is 12.1. The molecule has 0 saturated heterocycles. The molecule has 0 saturated carbocycles. The Morgan fingerprint density at radius 2 is 1.90 bits per heavy atom. The summed E-state index contributed by atoms with van der Waals surface area (Å²) in [4.78, 5) is 12.1. The number of nitrogens with one attached hydrogen (secondary N) is 1. The molecule has 0 aliphatic carbocycles. The zero-order chi connectivity index (χ0) is 14.5. The Hall–Kier alpha value is -2.29. The largest absolute Gasteiger partial charge is 0.398 e. The van der Waals surface area contributed by atoms with Crippen molar-refractivity contribution in [3.05, 3.63) is 64.7 Å². The number of aryl methyl sites for hydroxylation is 1. The Morgan fingerprint density at radius 3 is 2.65 bits per heavy atom. The van der Waals surface area contributed by atoms with Gasteiger partial charge in [0.1, 0.15) is 0 Å². The van der Waals surface area contributed by atoms with Crippen molar-refractivity contribution in [3.8, 4) is 0 Å². The van der Waals surface area contributed by atoms with Gasteiger partial charge in [0, 0.05) is 17.8 Å². The summed E-state index contributed by atoms with van der Waals surface area (Å²) >= 11 is 0. The lowest BCUT2D eigenvalue weighted by Gasteiger charge is -2.09. The van der Waals surface area contributed by atoms with Crippen molar-refractivity contribution in [3.63, 3.8) is 0 Å². The number of rotatable bonds is 4. The molecule has 2 rings (SSSR count). The number of hydrogen-bond donors (Lipinski definition) is 2. The van der Waals surface area contributed by atoms with E-state index in [-0.39, 0.29) is 5.91 Å². The van der Waals surface area contributed by atoms with Gasteiger partial charge in [-0.25, -0.2) is 0 Å². The Kier molecular flexibility index (Phi) is 4.41. The van der Waals surface area contributed by atoms with E-state index in [2.05, 4.69) is 30.4 Å². The molecule has 2 aromatic rings. The van der Waals surface area contributed by atoms with Crippen LogP contribution >= 0.6 is 0 Å². The van der Waals surface area contributed by atoms with Gasteiger partial charge in [-0.2, -0.15) is 0 Å². The second kappa shape index (κ2) is 6.24. The van der Waals surface area contributed by atoms with Gasteiger partial charge in [0.25, 0.3) is 5.91 Å². The molecule has 0 unspecified atom stereocenters. The number of carbonyl (C=O) groups excluding carboxylic acids is 1. The fourth-order valence-corrected chi connectivity index (χ4v) is 2.18. The molecule has 3 N–H and O–H groups in total. The van der Waals surface area contributed by atoms with Crippen LogP contribution < -0.4 is 11.1 Å². The van der Waals surface area contributed by atoms with Gasteiger partial charge in [-0.05, 0) is 43.5 Å². The number of anilines is 1. The van der Waals surface area contributed by atoms with Crippen molar-refractivity contribution in [1.82, 2.24) is 5.32 Å². The van der Waals surface area contributed by atoms with Gasteiger partial charge in [0.05, 0.1) is 0 Å². The van der Waals surface area contributed by atoms with E-state index in [0.29, 0.717) is 17.8 Å². The predicted octanol–water partition coefficient (Wildman–Crippen LogP) is 2.86. The molecule has 1 amide bonds. The summed E-state index contributed by atoms with van der Waals surface area (Å²) in [6, 6.07) is 13.7. The third-order valence-electron chi connectivity index (χ3n) is 3.40. The highest BCUT2D eigenvalue weighted by molar-refractivity contribution is 5.96. The molecule has 0 atom stereocenters. The third-order valence-corrected chi connectivity index (χ3v) is 3.40. The quantitative estimate of drug-likeness (QED) is 0.838. The lowest BCUT2D eigenvalue weighted by atomic mass is 10.1. The summed E-state index contributed by atoms with van der Waals surface area (Å²) in [6.45, 7) is 4.56. The molecule has 104 valence electrons. The summed E-state index contributed by atoms with van der Waals surface area (Å²) in [5.41, 5.74) is 10.4. The molecular weight excluding hydrogens is 248 g/mol. The van der Waals surface area contributed by atoms with E-state index in [4.69, 9.17) is 5.73 Å². The summed E-state index contributed by atoms with van der Waals surface area (Å²) in [5.74, 6) is -0.0672. The van der Waals surface area contributed by atoms with Crippen LogP contribution in [0.2, 0.25) is 0 Å². The third kappa shape index (κ3) is 3.38. The van der Waals surface area contributed by atoms with Crippen molar-refractivity contribution in [1.29, 1.82) is 0 Å². The highest BCUT2D eigenvalue weighted by atomic mass is 16.1. The molecule has 0 aliphatic rings. The number of nitrogen functional groups attached to an aromatic ring is 1. The predicted molar refractivity (Wildman–Crippen MR) is 82.8 cm³/mol. The van der Waals surface area contributed by atoms with Crippen LogP contribution in [0.3, 0.4) is 0 Å². The molecule has 3 nitrogen and oxygen atoms in total. The van der Waals surface area contributed by atoms with Crippen LogP contribution in [0.25, 0.3) is 0 Å². The average Bonchev–Trinajstić information content (AvgIpc) is 2.42. The Bertz CT molecular complexity index is 620. The van der Waals surface area contributed by atoms with E-state index >= 15 is 0 Å². The van der Waals surface area contributed by atoms with Gasteiger partial charge in [-0.1, -0.05) is 35.9 Å². The SMILES string of the molecule is Cc1cccc(CCNC(=O)c2cccc(N)c2C)c1. The summed E-state index contributed by atoms with van der Waals surface area (Å²) < 4.78 is 0. The standard InChI is InChI=1S/C17H20N2O/c1-12-5-3-6-14(11-12)9-10-19-17(20)15-7-4-8-16(18)13(15)2/h3-8,11H,9-10,18H2,1-2H3,(H,19,20). The lowest BCUT2D eigenvalue weighted by Crippen LogP contribution is -2.26. The van der Waals surface area contributed by atoms with Gasteiger partial charge in [-0.15, -0.1) is 0 Å². The Balaban J connectivity index is 1.94. The zero-order valence-electron chi connectivity index (χ0n) is 11.9. The Morgan fingerprint density at radius 1 is 1.15 bits per heavy atom. The minimum Gasteiger partial charge on any atom is -0.398 e. The maximum Gasteiger partial charge on any atom is 0.251 e. The fraction of sp³-hybridized carbons (Fsp3) is 0.235. The van der Waals surface area contributed by atoms with Gasteiger partial charge in [-0.3, -0.25) is 4.79 Å². The van der Waals surface area contributed by atoms with Crippen LogP contribution in [0.15, 0.2) is 42.5 Å². The molecule has 3 heteroatoms. The second-order valence-electron chi connectivity index (χ2n) is 5.01. The average molecular weight is 268 g/mol. The molecule has 0 spiro atoms. The molecule has 0 aliphatic heterocycles. The monoisotopic (exact) mass is 268 g/mol. The molecule has 0 aromatic heterocycles. The minimum atomic E-state index is -0.0672. The fourth-order valence-electron chi connectivity index (χ4n) is 2.18. The molecule has 20 heavy (non-hydrogen) atoms. The van der Waals surface area contributed by atoms with Gasteiger partial charge in [0.15, 0.2) is 0 Å². The highest BCUT2D eigenvalue weighted by Crippen LogP contribution is 2.15. The van der Waals surface area contributed by atoms with Crippen molar-refractivity contribution < 1.29 is 4.79 Å². The van der Waals surface area contributed by atoms with Crippen LogP contribution in [0, 0.1) is 13.8 Å². The normalized spacial score (nSPS) is 10.3. The smallest absolute Gasteiger partial charge is 0.251 e. The zero-order valence-corrected chi connectivity index (χ0v) is 11.9. The van der Waals surface area contributed by atoms with E-state index < -0.39 is 0 Å². The van der Waals surface area contributed by atoms with Crippen LogP contribution in [0.1, 0.15) is 27.0 Å². The molecule has 0 radical (unpaired) electrons. The van der Waals surface area contributed by atoms with E-state index in [1.54, 1.807) is 18.2 Å². The molecule has 0 heterocycles. The first kappa shape index (κ1) is 14.1. The maximum absolute atomic E-state index is 12.1. The first-order chi connectivity index (χ1) is 9.58. The molecular formula is C17H20N2O. The van der Waals surface area contributed by atoms with Crippen LogP contribution in [-0.2, 0) is 6.42 Å². The minimum absolute atomic E-state index is 0.0672. The summed E-state index contributed by atoms with van der Waals surface area (Å²) in [5, 5.41) is 2.94. The van der Waals surface area contributed by atoms with Crippen molar-refractivity contribution in [2.45, 2.75) is 20.3 Å². The van der Waals surface area contributed by atoms with Crippen LogP contribution in [0.5, 0.6) is 0 Å². The number of carbonyl (C=O) groups is 1. The Labute approximate surface area is 119 Å². The topological polar surface area (TPSA) is 55.1 Å². The van der Waals surface area contributed by atoms with Crippen LogP contribution in [0.4, 0.5) is 5.69 Å². The molecule has 2 aromatic carbocycles. The first-order valence-electron chi connectivity index (χ1n) is 6.77. The van der Waals surface area contributed by atoms with Crippen molar-refractivity contribution >= 4 is 11.6 Å². The van der Waals surface area contributed by atoms with E-state index in [0.717, 1.165) is 12.0 Å². The number of amides is 1. The summed E-state index contributed by atoms with van der Waals surface area (Å²) in [7, 11) is 0. The number of hydrogen-bond acceptors (Lipinski definition) is 2. The van der Waals surface area contributed by atoms with E-state index in [9.17, 15) is 4.79 Å². The van der Waals surface area contributed by atoms with Crippen molar-refractivity contribution in [2.75, 3.05) is 12.3 Å². The number of nitrogens with two attached hydrogens (primary N) is 1. The first-order valence-corrected chi connectivity index (χ1v) is 6.77. The van der Waals surface area contributed by atoms with Gasteiger partial charge < -0.3 is 11.1 Å².